The smallest absolute Gasteiger partial charge is 0.129 e. The first kappa shape index (κ1) is 11.5. The molecule has 0 spiro atoms. The van der Waals surface area contributed by atoms with Gasteiger partial charge in [0, 0.05) is 12.7 Å². The van der Waals surface area contributed by atoms with E-state index < -0.39 is 6.10 Å². The van der Waals surface area contributed by atoms with Gasteiger partial charge in [-0.1, -0.05) is 5.92 Å². The van der Waals surface area contributed by atoms with Gasteiger partial charge in [-0.15, -0.1) is 6.42 Å². The minimum Gasteiger partial charge on any atom is -0.389 e. The van der Waals surface area contributed by atoms with Gasteiger partial charge in [-0.05, 0) is 31.5 Å². The topological polar surface area (TPSA) is 36.4 Å². The SMILES string of the molecule is C#CCN(CC)c1cc([C@H](C)O)ccn1. The van der Waals surface area contributed by atoms with Crippen molar-refractivity contribution >= 4 is 5.82 Å². The van der Waals surface area contributed by atoms with E-state index in [1.54, 1.807) is 19.2 Å². The molecule has 1 aromatic heterocycles. The van der Waals surface area contributed by atoms with Gasteiger partial charge in [0.2, 0.25) is 0 Å². The predicted octanol–water partition coefficient (Wildman–Crippen LogP) is 1.59. The zero-order valence-corrected chi connectivity index (χ0v) is 9.14. The first-order chi connectivity index (χ1) is 7.19. The minimum atomic E-state index is -0.476. The normalized spacial score (nSPS) is 11.9. The van der Waals surface area contributed by atoms with E-state index in [9.17, 15) is 5.11 Å². The molecule has 0 amide bonds. The van der Waals surface area contributed by atoms with Crippen molar-refractivity contribution in [2.24, 2.45) is 0 Å². The Labute approximate surface area is 90.8 Å². The van der Waals surface area contributed by atoms with Gasteiger partial charge in [-0.3, -0.25) is 0 Å². The molecule has 1 rings (SSSR count). The molecule has 1 heterocycles. The van der Waals surface area contributed by atoms with Crippen molar-refractivity contribution in [3.63, 3.8) is 0 Å². The number of aromatic nitrogens is 1. The van der Waals surface area contributed by atoms with Crippen LogP contribution in [0.2, 0.25) is 0 Å². The molecular formula is C12H16N2O. The quantitative estimate of drug-likeness (QED) is 0.757. The standard InChI is InChI=1S/C12H16N2O/c1-4-8-14(5-2)12-9-11(10(3)15)6-7-13-12/h1,6-7,9-10,15H,5,8H2,2-3H3/t10-/m0/s1. The second kappa shape index (κ2) is 5.38. The fourth-order valence-electron chi connectivity index (χ4n) is 1.33. The molecule has 0 aliphatic heterocycles. The summed E-state index contributed by atoms with van der Waals surface area (Å²) < 4.78 is 0. The Morgan fingerprint density at radius 3 is 2.93 bits per heavy atom. The van der Waals surface area contributed by atoms with Crippen LogP contribution in [0.1, 0.15) is 25.5 Å². The Hall–Kier alpha value is -1.53. The van der Waals surface area contributed by atoms with E-state index in [4.69, 9.17) is 6.42 Å². The zero-order valence-electron chi connectivity index (χ0n) is 9.14. The van der Waals surface area contributed by atoms with Crippen molar-refractivity contribution in [3.05, 3.63) is 23.9 Å². The molecule has 0 fully saturated rings. The van der Waals surface area contributed by atoms with E-state index in [0.29, 0.717) is 6.54 Å². The average molecular weight is 204 g/mol. The number of aliphatic hydroxyl groups is 1. The molecule has 1 atom stereocenters. The molecule has 0 saturated heterocycles. The van der Waals surface area contributed by atoms with E-state index in [-0.39, 0.29) is 0 Å². The second-order valence-corrected chi connectivity index (χ2v) is 3.34. The number of pyridine rings is 1. The van der Waals surface area contributed by atoms with Gasteiger partial charge in [-0.25, -0.2) is 4.98 Å². The lowest BCUT2D eigenvalue weighted by Gasteiger charge is -2.19. The van der Waals surface area contributed by atoms with E-state index in [1.807, 2.05) is 17.9 Å². The molecule has 0 bridgehead atoms. The molecule has 0 saturated carbocycles. The van der Waals surface area contributed by atoms with Gasteiger partial charge in [0.1, 0.15) is 5.82 Å². The summed E-state index contributed by atoms with van der Waals surface area (Å²) in [6.45, 7) is 5.10. The number of terminal acetylenes is 1. The molecule has 15 heavy (non-hydrogen) atoms. The fraction of sp³-hybridized carbons (Fsp3) is 0.417. The molecule has 80 valence electrons. The lowest BCUT2D eigenvalue weighted by Crippen LogP contribution is -2.24. The van der Waals surface area contributed by atoms with Crippen molar-refractivity contribution in [2.45, 2.75) is 20.0 Å². The third-order valence-corrected chi connectivity index (χ3v) is 2.24. The zero-order chi connectivity index (χ0) is 11.3. The fourth-order valence-corrected chi connectivity index (χ4v) is 1.33. The van der Waals surface area contributed by atoms with Crippen molar-refractivity contribution in [3.8, 4) is 12.3 Å². The number of aliphatic hydroxyl groups excluding tert-OH is 1. The Balaban J connectivity index is 2.93. The highest BCUT2D eigenvalue weighted by Crippen LogP contribution is 2.17. The van der Waals surface area contributed by atoms with Crippen molar-refractivity contribution < 1.29 is 5.11 Å². The lowest BCUT2D eigenvalue weighted by molar-refractivity contribution is 0.199. The molecule has 0 aliphatic rings. The molecule has 3 nitrogen and oxygen atoms in total. The number of hydrogen-bond acceptors (Lipinski definition) is 3. The number of hydrogen-bond donors (Lipinski definition) is 1. The van der Waals surface area contributed by atoms with Gasteiger partial charge >= 0.3 is 0 Å². The van der Waals surface area contributed by atoms with Crippen LogP contribution in [-0.2, 0) is 0 Å². The predicted molar refractivity (Wildman–Crippen MR) is 61.6 cm³/mol. The minimum absolute atomic E-state index is 0.476. The summed E-state index contributed by atoms with van der Waals surface area (Å²) in [5, 5.41) is 9.45. The van der Waals surface area contributed by atoms with Crippen LogP contribution in [0.25, 0.3) is 0 Å². The van der Waals surface area contributed by atoms with Crippen LogP contribution < -0.4 is 4.90 Å². The Bertz CT molecular complexity index is 355. The van der Waals surface area contributed by atoms with Crippen LogP contribution in [0.15, 0.2) is 18.3 Å². The highest BCUT2D eigenvalue weighted by molar-refractivity contribution is 5.42. The molecule has 1 aromatic rings. The Kier molecular flexibility index (Phi) is 4.14. The van der Waals surface area contributed by atoms with Crippen LogP contribution in [0.5, 0.6) is 0 Å². The summed E-state index contributed by atoms with van der Waals surface area (Å²) in [5.41, 5.74) is 0.857. The number of nitrogens with zero attached hydrogens (tertiary/aromatic N) is 2. The average Bonchev–Trinajstić information content (AvgIpc) is 2.26. The van der Waals surface area contributed by atoms with Gasteiger partial charge in [-0.2, -0.15) is 0 Å². The number of rotatable bonds is 4. The molecule has 1 N–H and O–H groups in total. The first-order valence-corrected chi connectivity index (χ1v) is 5.01. The van der Waals surface area contributed by atoms with Crippen molar-refractivity contribution in [2.75, 3.05) is 18.0 Å². The van der Waals surface area contributed by atoms with Crippen LogP contribution in [0.4, 0.5) is 5.82 Å². The summed E-state index contributed by atoms with van der Waals surface area (Å²) in [6.07, 6.45) is 6.49. The number of anilines is 1. The third kappa shape index (κ3) is 2.97. The monoisotopic (exact) mass is 204 g/mol. The van der Waals surface area contributed by atoms with Crippen LogP contribution in [0.3, 0.4) is 0 Å². The van der Waals surface area contributed by atoms with E-state index in [1.165, 1.54) is 0 Å². The Morgan fingerprint density at radius 1 is 1.67 bits per heavy atom. The summed E-state index contributed by atoms with van der Waals surface area (Å²) in [7, 11) is 0. The lowest BCUT2D eigenvalue weighted by atomic mass is 10.1. The molecule has 0 aliphatic carbocycles. The summed E-state index contributed by atoms with van der Waals surface area (Å²) in [4.78, 5) is 6.21. The van der Waals surface area contributed by atoms with Crippen LogP contribution in [-0.4, -0.2) is 23.2 Å². The van der Waals surface area contributed by atoms with E-state index in [2.05, 4.69) is 10.9 Å². The molecule has 3 heteroatoms. The second-order valence-electron chi connectivity index (χ2n) is 3.34. The maximum absolute atomic E-state index is 9.45. The van der Waals surface area contributed by atoms with Gasteiger partial charge in [0.05, 0.1) is 12.6 Å². The highest BCUT2D eigenvalue weighted by Gasteiger charge is 2.07. The van der Waals surface area contributed by atoms with Crippen molar-refractivity contribution in [1.82, 2.24) is 4.98 Å². The summed E-state index contributed by atoms with van der Waals surface area (Å²) >= 11 is 0. The van der Waals surface area contributed by atoms with Gasteiger partial charge < -0.3 is 10.0 Å². The summed E-state index contributed by atoms with van der Waals surface area (Å²) in [6, 6.07) is 3.67. The third-order valence-electron chi connectivity index (χ3n) is 2.24. The van der Waals surface area contributed by atoms with Crippen LogP contribution in [0, 0.1) is 12.3 Å². The van der Waals surface area contributed by atoms with Gasteiger partial charge in [0.25, 0.3) is 0 Å². The van der Waals surface area contributed by atoms with Crippen molar-refractivity contribution in [1.29, 1.82) is 0 Å². The van der Waals surface area contributed by atoms with Crippen LogP contribution >= 0.6 is 0 Å². The van der Waals surface area contributed by atoms with E-state index >= 15 is 0 Å². The molecule has 0 aromatic carbocycles. The molecule has 0 unspecified atom stereocenters. The Morgan fingerprint density at radius 2 is 2.40 bits per heavy atom. The van der Waals surface area contributed by atoms with Gasteiger partial charge in [0.15, 0.2) is 0 Å². The summed E-state index contributed by atoms with van der Waals surface area (Å²) in [5.74, 6) is 3.40. The maximum Gasteiger partial charge on any atom is 0.129 e. The first-order valence-electron chi connectivity index (χ1n) is 5.01. The molecular weight excluding hydrogens is 188 g/mol. The maximum atomic E-state index is 9.45. The molecule has 0 radical (unpaired) electrons. The van der Waals surface area contributed by atoms with E-state index in [0.717, 1.165) is 17.9 Å². The highest BCUT2D eigenvalue weighted by atomic mass is 16.3. The largest absolute Gasteiger partial charge is 0.389 e.